The molecule has 98 valence electrons. The zero-order valence-electron chi connectivity index (χ0n) is 10.4. The number of rotatable bonds is 3. The highest BCUT2D eigenvalue weighted by atomic mass is 35.5. The standard InChI is InChI=1S/C13H17ClN2O2/c1-13(5-7-18-8-6-13)9-15-12(17)10-3-2-4-11(14)16-10/h2-4H,5-9H2,1H3,(H,15,17). The molecule has 0 saturated carbocycles. The van der Waals surface area contributed by atoms with E-state index in [0.717, 1.165) is 26.1 Å². The summed E-state index contributed by atoms with van der Waals surface area (Å²) in [6.45, 7) is 4.34. The third-order valence-corrected chi connectivity index (χ3v) is 3.53. The number of carbonyl (C=O) groups is 1. The minimum atomic E-state index is -0.176. The summed E-state index contributed by atoms with van der Waals surface area (Å²) >= 11 is 5.76. The number of hydrogen-bond donors (Lipinski definition) is 1. The third kappa shape index (κ3) is 3.43. The number of amides is 1. The van der Waals surface area contributed by atoms with Gasteiger partial charge in [-0.05, 0) is 30.4 Å². The van der Waals surface area contributed by atoms with E-state index in [9.17, 15) is 4.79 Å². The van der Waals surface area contributed by atoms with Gasteiger partial charge in [0.1, 0.15) is 10.8 Å². The third-order valence-electron chi connectivity index (χ3n) is 3.32. The van der Waals surface area contributed by atoms with Gasteiger partial charge in [0.25, 0.3) is 5.91 Å². The van der Waals surface area contributed by atoms with Gasteiger partial charge in [0.15, 0.2) is 0 Å². The highest BCUT2D eigenvalue weighted by molar-refractivity contribution is 6.29. The van der Waals surface area contributed by atoms with Gasteiger partial charge in [-0.1, -0.05) is 24.6 Å². The summed E-state index contributed by atoms with van der Waals surface area (Å²) in [5, 5.41) is 3.25. The first-order chi connectivity index (χ1) is 8.59. The van der Waals surface area contributed by atoms with Crippen molar-refractivity contribution in [3.05, 3.63) is 29.0 Å². The molecule has 1 saturated heterocycles. The zero-order chi connectivity index (χ0) is 13.0. The first-order valence-corrected chi connectivity index (χ1v) is 6.45. The van der Waals surface area contributed by atoms with E-state index < -0.39 is 0 Å². The van der Waals surface area contributed by atoms with Crippen molar-refractivity contribution in [2.75, 3.05) is 19.8 Å². The second-order valence-electron chi connectivity index (χ2n) is 4.95. The maximum absolute atomic E-state index is 11.9. The van der Waals surface area contributed by atoms with Gasteiger partial charge in [0.05, 0.1) is 0 Å². The average molecular weight is 269 g/mol. The molecular weight excluding hydrogens is 252 g/mol. The Hall–Kier alpha value is -1.13. The van der Waals surface area contributed by atoms with Crippen molar-refractivity contribution in [3.63, 3.8) is 0 Å². The van der Waals surface area contributed by atoms with E-state index in [2.05, 4.69) is 17.2 Å². The molecule has 0 radical (unpaired) electrons. The van der Waals surface area contributed by atoms with E-state index in [0.29, 0.717) is 17.4 Å². The van der Waals surface area contributed by atoms with Crippen LogP contribution in [0.25, 0.3) is 0 Å². The van der Waals surface area contributed by atoms with Crippen LogP contribution in [-0.2, 0) is 4.74 Å². The molecule has 0 atom stereocenters. The van der Waals surface area contributed by atoms with Crippen LogP contribution in [0.5, 0.6) is 0 Å². The summed E-state index contributed by atoms with van der Waals surface area (Å²) in [6, 6.07) is 5.03. The Morgan fingerprint density at radius 1 is 1.50 bits per heavy atom. The van der Waals surface area contributed by atoms with Gasteiger partial charge in [-0.25, -0.2) is 4.98 Å². The first kappa shape index (κ1) is 13.3. The minimum absolute atomic E-state index is 0.118. The molecule has 18 heavy (non-hydrogen) atoms. The molecule has 1 aliphatic heterocycles. The monoisotopic (exact) mass is 268 g/mol. The molecule has 1 aliphatic rings. The summed E-state index contributed by atoms with van der Waals surface area (Å²) in [7, 11) is 0. The lowest BCUT2D eigenvalue weighted by Crippen LogP contribution is -2.39. The lowest BCUT2D eigenvalue weighted by atomic mass is 9.82. The molecule has 5 heteroatoms. The highest BCUT2D eigenvalue weighted by Crippen LogP contribution is 2.28. The van der Waals surface area contributed by atoms with Crippen LogP contribution in [0.2, 0.25) is 5.15 Å². The average Bonchev–Trinajstić information content (AvgIpc) is 2.37. The molecule has 2 rings (SSSR count). The van der Waals surface area contributed by atoms with Gasteiger partial charge in [0.2, 0.25) is 0 Å². The first-order valence-electron chi connectivity index (χ1n) is 6.08. The summed E-state index contributed by atoms with van der Waals surface area (Å²) < 4.78 is 5.33. The van der Waals surface area contributed by atoms with Crippen molar-refractivity contribution < 1.29 is 9.53 Å². The number of carbonyl (C=O) groups excluding carboxylic acids is 1. The van der Waals surface area contributed by atoms with Crippen LogP contribution in [0.1, 0.15) is 30.3 Å². The smallest absolute Gasteiger partial charge is 0.269 e. The highest BCUT2D eigenvalue weighted by Gasteiger charge is 2.27. The van der Waals surface area contributed by atoms with Gasteiger partial charge >= 0.3 is 0 Å². The van der Waals surface area contributed by atoms with Crippen LogP contribution in [0.4, 0.5) is 0 Å². The normalized spacial score (nSPS) is 18.3. The molecule has 0 aromatic carbocycles. The van der Waals surface area contributed by atoms with Gasteiger partial charge in [-0.15, -0.1) is 0 Å². The fourth-order valence-electron chi connectivity index (χ4n) is 1.96. The number of nitrogens with zero attached hydrogens (tertiary/aromatic N) is 1. The molecule has 1 aromatic heterocycles. The Kier molecular flexibility index (Phi) is 4.19. The van der Waals surface area contributed by atoms with Gasteiger partial charge in [0, 0.05) is 19.8 Å². The summed E-state index contributed by atoms with van der Waals surface area (Å²) in [5.41, 5.74) is 0.477. The van der Waals surface area contributed by atoms with Crippen molar-refractivity contribution in [1.29, 1.82) is 0 Å². The van der Waals surface area contributed by atoms with Crippen LogP contribution >= 0.6 is 11.6 Å². The predicted molar refractivity (Wildman–Crippen MR) is 69.7 cm³/mol. The molecule has 0 unspecified atom stereocenters. The second kappa shape index (κ2) is 5.67. The zero-order valence-corrected chi connectivity index (χ0v) is 11.2. The Morgan fingerprint density at radius 2 is 2.22 bits per heavy atom. The minimum Gasteiger partial charge on any atom is -0.381 e. The van der Waals surface area contributed by atoms with Crippen LogP contribution in [0.3, 0.4) is 0 Å². The topological polar surface area (TPSA) is 51.2 Å². The fourth-order valence-corrected chi connectivity index (χ4v) is 2.12. The molecule has 0 spiro atoms. The van der Waals surface area contributed by atoms with E-state index in [4.69, 9.17) is 16.3 Å². The largest absolute Gasteiger partial charge is 0.381 e. The van der Waals surface area contributed by atoms with Crippen molar-refractivity contribution >= 4 is 17.5 Å². The predicted octanol–water partition coefficient (Wildman–Crippen LogP) is 2.28. The van der Waals surface area contributed by atoms with Crippen LogP contribution in [0, 0.1) is 5.41 Å². The molecule has 1 amide bonds. The summed E-state index contributed by atoms with van der Waals surface area (Å²) in [4.78, 5) is 15.9. The fraction of sp³-hybridized carbons (Fsp3) is 0.538. The maximum atomic E-state index is 11.9. The summed E-state index contributed by atoms with van der Waals surface area (Å²) in [5.74, 6) is -0.176. The van der Waals surface area contributed by atoms with E-state index in [-0.39, 0.29) is 11.3 Å². The summed E-state index contributed by atoms with van der Waals surface area (Å²) in [6.07, 6.45) is 1.94. The number of pyridine rings is 1. The van der Waals surface area contributed by atoms with Crippen LogP contribution < -0.4 is 5.32 Å². The quantitative estimate of drug-likeness (QED) is 0.856. The van der Waals surface area contributed by atoms with E-state index in [1.165, 1.54) is 0 Å². The molecule has 1 aromatic rings. The Bertz CT molecular complexity index is 431. The molecule has 4 nitrogen and oxygen atoms in total. The Labute approximate surface area is 112 Å². The second-order valence-corrected chi connectivity index (χ2v) is 5.34. The van der Waals surface area contributed by atoms with Gasteiger partial charge in [-0.3, -0.25) is 4.79 Å². The molecular formula is C13H17ClN2O2. The van der Waals surface area contributed by atoms with E-state index in [1.54, 1.807) is 18.2 Å². The molecule has 1 N–H and O–H groups in total. The van der Waals surface area contributed by atoms with Crippen molar-refractivity contribution in [3.8, 4) is 0 Å². The molecule has 0 aliphatic carbocycles. The number of ether oxygens (including phenoxy) is 1. The molecule has 0 bridgehead atoms. The Morgan fingerprint density at radius 3 is 2.89 bits per heavy atom. The van der Waals surface area contributed by atoms with E-state index >= 15 is 0 Å². The molecule has 2 heterocycles. The van der Waals surface area contributed by atoms with Crippen molar-refractivity contribution in [1.82, 2.24) is 10.3 Å². The number of hydrogen-bond acceptors (Lipinski definition) is 3. The van der Waals surface area contributed by atoms with Gasteiger partial charge in [-0.2, -0.15) is 0 Å². The van der Waals surface area contributed by atoms with Crippen LogP contribution in [-0.4, -0.2) is 30.6 Å². The lowest BCUT2D eigenvalue weighted by molar-refractivity contribution is 0.0238. The van der Waals surface area contributed by atoms with Crippen molar-refractivity contribution in [2.45, 2.75) is 19.8 Å². The van der Waals surface area contributed by atoms with Crippen LogP contribution in [0.15, 0.2) is 18.2 Å². The number of halogens is 1. The lowest BCUT2D eigenvalue weighted by Gasteiger charge is -2.33. The SMILES string of the molecule is CC1(CNC(=O)c2cccc(Cl)n2)CCOCC1. The van der Waals surface area contributed by atoms with Crippen molar-refractivity contribution in [2.24, 2.45) is 5.41 Å². The van der Waals surface area contributed by atoms with Gasteiger partial charge < -0.3 is 10.1 Å². The van der Waals surface area contributed by atoms with E-state index in [1.807, 2.05) is 0 Å². The number of aromatic nitrogens is 1. The molecule has 1 fully saturated rings. The number of nitrogens with one attached hydrogen (secondary N) is 1. The maximum Gasteiger partial charge on any atom is 0.269 e. The Balaban J connectivity index is 1.92.